The Morgan fingerprint density at radius 2 is 1.56 bits per heavy atom. The molecule has 4 rings (SSSR count). The van der Waals surface area contributed by atoms with Crippen molar-refractivity contribution in [3.05, 3.63) is 71.7 Å². The van der Waals surface area contributed by atoms with Gasteiger partial charge in [-0.15, -0.1) is 0 Å². The molecule has 0 spiro atoms. The first-order chi connectivity index (χ1) is 32.5. The first-order valence-corrected chi connectivity index (χ1v) is 22.4. The number of aliphatic imine (C=N–C) groups is 1. The van der Waals surface area contributed by atoms with Gasteiger partial charge in [-0.05, 0) is 61.8 Å². The predicted octanol–water partition coefficient (Wildman–Crippen LogP) is -0.896. The molecule has 3 unspecified atom stereocenters. The van der Waals surface area contributed by atoms with Crippen molar-refractivity contribution in [1.82, 2.24) is 47.1 Å². The topological polar surface area (TPSA) is 347 Å². The molecule has 1 aliphatic heterocycles. The lowest BCUT2D eigenvalue weighted by atomic mass is 10.0. The van der Waals surface area contributed by atoms with Crippen molar-refractivity contribution in [3.8, 4) is 0 Å². The van der Waals surface area contributed by atoms with Crippen molar-refractivity contribution < 1.29 is 47.5 Å². The fourth-order valence-corrected chi connectivity index (χ4v) is 7.41. The smallest absolute Gasteiger partial charge is 0.324 e. The molecular weight excluding hydrogens is 886 g/mol. The van der Waals surface area contributed by atoms with Crippen LogP contribution in [-0.4, -0.2) is 126 Å². The molecule has 23 heteroatoms. The number of halogens is 1. The van der Waals surface area contributed by atoms with Crippen LogP contribution in [0, 0.1) is 5.82 Å². The number of nitrogens with one attached hydrogen (secondary N) is 8. The van der Waals surface area contributed by atoms with Gasteiger partial charge in [0.05, 0.1) is 13.0 Å². The van der Waals surface area contributed by atoms with Crippen LogP contribution in [0.2, 0.25) is 0 Å². The van der Waals surface area contributed by atoms with Crippen LogP contribution in [0.25, 0.3) is 10.9 Å². The Hall–Kier alpha value is -7.59. The number of carbonyl (C=O) groups is 9. The molecule has 3 aromatic rings. The number of nitrogens with zero attached hydrogens (tertiary/aromatic N) is 2. The van der Waals surface area contributed by atoms with Crippen LogP contribution in [0.5, 0.6) is 0 Å². The number of nitrogens with two attached hydrogens (primary N) is 3. The monoisotopic (exact) mass is 947 g/mol. The molecule has 0 aliphatic carbocycles. The molecule has 10 amide bonds. The lowest BCUT2D eigenvalue weighted by Crippen LogP contribution is -2.60. The standard InChI is InChI=1S/C45H62FN13O9/c1-3-4-20-59-43(67)36(57-41(65)33(54-26(2)60)17-11-19-51-44(48)49)23-37(61)50-18-10-9-16-32(39(47)63)56-42(66)35(22-28-24-52-31-15-8-6-13-29(28)31)55-38(62)25-53-40(64)34(58-45(59)68)21-27-12-5-7-14-30(27)46/h5-8,12-15,24,32-36,52H,3-4,9-11,16-23,25H2,1-2H3,(H2,47,63)(H,50,61)(H,53,64)(H,54,60)(H,55,62)(H,56,66)(H,57,65)(H,58,68)(H4,48,49,51)/t32?,33-,34?,35-,36?/m0/s1. The van der Waals surface area contributed by atoms with Crippen LogP contribution in [0.1, 0.15) is 76.3 Å². The second kappa shape index (κ2) is 26.5. The number of imide groups is 1. The summed E-state index contributed by atoms with van der Waals surface area (Å²) in [6.45, 7) is 2.10. The van der Waals surface area contributed by atoms with Crippen molar-refractivity contribution >= 4 is 70.2 Å². The van der Waals surface area contributed by atoms with Gasteiger partial charge in [0.15, 0.2) is 5.96 Å². The lowest BCUT2D eigenvalue weighted by Gasteiger charge is -2.29. The highest BCUT2D eigenvalue weighted by Gasteiger charge is 2.36. The molecule has 5 atom stereocenters. The maximum atomic E-state index is 15.1. The van der Waals surface area contributed by atoms with Crippen LogP contribution in [0.3, 0.4) is 0 Å². The number of hydrogen-bond donors (Lipinski definition) is 11. The van der Waals surface area contributed by atoms with E-state index in [4.69, 9.17) is 17.2 Å². The summed E-state index contributed by atoms with van der Waals surface area (Å²) in [6, 6.07) is 4.57. The number of rotatable bonds is 15. The molecule has 2 aromatic carbocycles. The molecule has 2 heterocycles. The van der Waals surface area contributed by atoms with Crippen molar-refractivity contribution in [3.63, 3.8) is 0 Å². The first kappa shape index (κ1) is 53.0. The Morgan fingerprint density at radius 3 is 2.26 bits per heavy atom. The average Bonchev–Trinajstić information content (AvgIpc) is 3.70. The molecular formula is C45H62FN13O9. The summed E-state index contributed by atoms with van der Waals surface area (Å²) in [4.78, 5) is 130. The number of para-hydroxylation sites is 1. The lowest BCUT2D eigenvalue weighted by molar-refractivity contribution is -0.137. The van der Waals surface area contributed by atoms with E-state index >= 15 is 4.39 Å². The summed E-state index contributed by atoms with van der Waals surface area (Å²) in [5.41, 5.74) is 17.9. The zero-order chi connectivity index (χ0) is 49.8. The van der Waals surface area contributed by atoms with Gasteiger partial charge in [-0.1, -0.05) is 49.7 Å². The van der Waals surface area contributed by atoms with Crippen molar-refractivity contribution in [2.24, 2.45) is 22.2 Å². The van der Waals surface area contributed by atoms with Crippen molar-refractivity contribution in [2.45, 2.75) is 108 Å². The fraction of sp³-hybridized carbons (Fsp3) is 0.467. The Morgan fingerprint density at radius 1 is 0.853 bits per heavy atom. The van der Waals surface area contributed by atoms with E-state index in [1.807, 2.05) is 18.2 Å². The molecule has 0 radical (unpaired) electrons. The molecule has 1 aromatic heterocycles. The van der Waals surface area contributed by atoms with Crippen LogP contribution < -0.4 is 54.4 Å². The van der Waals surface area contributed by atoms with Crippen LogP contribution in [0.4, 0.5) is 9.18 Å². The Balaban J connectivity index is 1.70. The zero-order valence-electron chi connectivity index (χ0n) is 38.2. The number of H-pyrrole nitrogens is 1. The number of amides is 10. The Labute approximate surface area is 392 Å². The van der Waals surface area contributed by atoms with Gasteiger partial charge in [0.1, 0.15) is 36.0 Å². The molecule has 368 valence electrons. The fourth-order valence-electron chi connectivity index (χ4n) is 7.41. The number of guanidine groups is 1. The highest BCUT2D eigenvalue weighted by molar-refractivity contribution is 6.02. The van der Waals surface area contributed by atoms with Crippen molar-refractivity contribution in [1.29, 1.82) is 0 Å². The van der Waals surface area contributed by atoms with E-state index in [-0.39, 0.29) is 76.1 Å². The molecule has 14 N–H and O–H groups in total. The number of hydrogen-bond acceptors (Lipinski definition) is 10. The van der Waals surface area contributed by atoms with E-state index < -0.39 is 109 Å². The van der Waals surface area contributed by atoms with E-state index in [2.05, 4.69) is 47.2 Å². The highest BCUT2D eigenvalue weighted by Crippen LogP contribution is 2.20. The number of fused-ring (bicyclic) bond motifs is 1. The van der Waals surface area contributed by atoms with Gasteiger partial charge in [-0.3, -0.25) is 48.2 Å². The van der Waals surface area contributed by atoms with E-state index in [0.717, 1.165) is 21.9 Å². The minimum atomic E-state index is -1.70. The Kier molecular flexibility index (Phi) is 20.7. The number of benzene rings is 2. The van der Waals surface area contributed by atoms with Gasteiger partial charge in [0.25, 0.3) is 5.91 Å². The summed E-state index contributed by atoms with van der Waals surface area (Å²) in [5.74, 6) is -7.55. The molecule has 1 saturated heterocycles. The minimum Gasteiger partial charge on any atom is -0.370 e. The third kappa shape index (κ3) is 16.7. The van der Waals surface area contributed by atoms with Gasteiger partial charge in [-0.25, -0.2) is 9.18 Å². The largest absolute Gasteiger partial charge is 0.370 e. The minimum absolute atomic E-state index is 0.00425. The molecule has 22 nitrogen and oxygen atoms in total. The van der Waals surface area contributed by atoms with E-state index in [9.17, 15) is 43.2 Å². The highest BCUT2D eigenvalue weighted by atomic mass is 19.1. The number of unbranched alkanes of at least 4 members (excludes halogenated alkanes) is 1. The normalized spacial score (nSPS) is 20.0. The summed E-state index contributed by atoms with van der Waals surface area (Å²) in [5, 5.41) is 18.6. The summed E-state index contributed by atoms with van der Waals surface area (Å²) in [6.07, 6.45) is 2.00. The van der Waals surface area contributed by atoms with Gasteiger partial charge in [0, 0.05) is 56.5 Å². The third-order valence-corrected chi connectivity index (χ3v) is 11.0. The second-order valence-corrected chi connectivity index (χ2v) is 16.3. The maximum absolute atomic E-state index is 15.1. The van der Waals surface area contributed by atoms with Crippen molar-refractivity contribution in [2.75, 3.05) is 26.2 Å². The maximum Gasteiger partial charge on any atom is 0.324 e. The van der Waals surface area contributed by atoms with E-state index in [0.29, 0.717) is 12.0 Å². The third-order valence-electron chi connectivity index (χ3n) is 11.0. The molecule has 1 aliphatic rings. The quantitative estimate of drug-likeness (QED) is 0.0504. The predicted molar refractivity (Wildman–Crippen MR) is 248 cm³/mol. The van der Waals surface area contributed by atoms with E-state index in [1.54, 1.807) is 19.2 Å². The van der Waals surface area contributed by atoms with E-state index in [1.165, 1.54) is 25.1 Å². The summed E-state index contributed by atoms with van der Waals surface area (Å²) in [7, 11) is 0. The second-order valence-electron chi connectivity index (χ2n) is 16.3. The first-order valence-electron chi connectivity index (χ1n) is 22.4. The van der Waals surface area contributed by atoms with Gasteiger partial charge >= 0.3 is 6.03 Å². The van der Waals surface area contributed by atoms with Gasteiger partial charge in [-0.2, -0.15) is 0 Å². The number of aromatic nitrogens is 1. The number of urea groups is 1. The number of aromatic amines is 1. The zero-order valence-corrected chi connectivity index (χ0v) is 38.2. The number of primary amides is 1. The molecule has 1 fully saturated rings. The average molecular weight is 948 g/mol. The van der Waals surface area contributed by atoms with Gasteiger partial charge < -0.3 is 59.4 Å². The molecule has 0 bridgehead atoms. The Bertz CT molecular complexity index is 2320. The number of carbonyl (C=O) groups excluding carboxylic acids is 9. The van der Waals surface area contributed by atoms with Crippen LogP contribution in [0.15, 0.2) is 59.7 Å². The molecule has 68 heavy (non-hydrogen) atoms. The van der Waals surface area contributed by atoms with Gasteiger partial charge in [0.2, 0.25) is 41.4 Å². The SMILES string of the molecule is CCCCN1C(=O)NC(Cc2ccccc2F)C(=O)NCC(=O)N[C@@H](Cc2c[nH]c3ccccc23)C(=O)NC(C(N)=O)CCCCNC(=O)CC(NC(=O)[C@H](CCCN=C(N)N)NC(C)=O)C1=O. The molecule has 0 saturated carbocycles. The summed E-state index contributed by atoms with van der Waals surface area (Å²) < 4.78 is 15.1. The summed E-state index contributed by atoms with van der Waals surface area (Å²) >= 11 is 0. The van der Waals surface area contributed by atoms with Crippen LogP contribution in [-0.2, 0) is 51.2 Å². The van der Waals surface area contributed by atoms with Crippen LogP contribution >= 0.6 is 0 Å².